The van der Waals surface area contributed by atoms with Crippen LogP contribution in [0.5, 0.6) is 11.5 Å². The summed E-state index contributed by atoms with van der Waals surface area (Å²) in [6, 6.07) is 8.26. The monoisotopic (exact) mass is 510 g/mol. The third-order valence-corrected chi connectivity index (χ3v) is 5.39. The van der Waals surface area contributed by atoms with Crippen LogP contribution in [0.15, 0.2) is 41.1 Å². The Morgan fingerprint density at radius 1 is 1.23 bits per heavy atom. The van der Waals surface area contributed by atoms with Gasteiger partial charge in [-0.05, 0) is 30.7 Å². The number of benzene rings is 2. The minimum atomic E-state index is -0.403. The van der Waals surface area contributed by atoms with E-state index < -0.39 is 5.82 Å². The normalized spacial score (nSPS) is 13.3. The Hall–Kier alpha value is -2.65. The molecule has 0 bridgehead atoms. The summed E-state index contributed by atoms with van der Waals surface area (Å²) in [5.74, 6) is 1.24. The lowest BCUT2D eigenvalue weighted by molar-refractivity contribution is -0.128. The standard InChI is InChI=1S/C21H20BrFN4O3.ClH/c1-29-18-10-14-17(11-19(18)30-8-7-27-6-2-3-20(27)28)24-12-25-21(14)26-16-5-4-13(22)9-15(16)23;/h4-5,9-12H,2-3,6-8H2,1H3,(H,24,25,26);1H. The maximum atomic E-state index is 14.2. The maximum absolute atomic E-state index is 14.2. The number of fused-ring (bicyclic) bond motifs is 1. The molecule has 1 aromatic heterocycles. The molecule has 0 spiro atoms. The molecule has 164 valence electrons. The zero-order valence-electron chi connectivity index (χ0n) is 16.7. The van der Waals surface area contributed by atoms with Gasteiger partial charge >= 0.3 is 0 Å². The first-order valence-corrected chi connectivity index (χ1v) is 10.3. The van der Waals surface area contributed by atoms with Crippen LogP contribution in [0.4, 0.5) is 15.9 Å². The molecular weight excluding hydrogens is 491 g/mol. The third kappa shape index (κ3) is 5.16. The van der Waals surface area contributed by atoms with E-state index in [9.17, 15) is 9.18 Å². The number of carbonyl (C=O) groups excluding carboxylic acids is 1. The molecule has 0 aliphatic carbocycles. The molecule has 0 unspecified atom stereocenters. The average molecular weight is 512 g/mol. The zero-order chi connectivity index (χ0) is 21.1. The number of rotatable bonds is 7. The van der Waals surface area contributed by atoms with Gasteiger partial charge in [0.05, 0.1) is 24.9 Å². The van der Waals surface area contributed by atoms with E-state index in [2.05, 4.69) is 31.2 Å². The largest absolute Gasteiger partial charge is 0.493 e. The van der Waals surface area contributed by atoms with Gasteiger partial charge in [0, 0.05) is 28.9 Å². The summed E-state index contributed by atoms with van der Waals surface area (Å²) in [6.45, 7) is 1.65. The summed E-state index contributed by atoms with van der Waals surface area (Å²) >= 11 is 3.25. The minimum absolute atomic E-state index is 0. The number of anilines is 2. The molecular formula is C21H21BrClFN4O3. The van der Waals surface area contributed by atoms with E-state index in [1.54, 1.807) is 36.3 Å². The van der Waals surface area contributed by atoms with Gasteiger partial charge in [-0.1, -0.05) is 15.9 Å². The molecule has 2 heterocycles. The average Bonchev–Trinajstić information content (AvgIpc) is 3.14. The van der Waals surface area contributed by atoms with Gasteiger partial charge in [0.2, 0.25) is 5.91 Å². The van der Waals surface area contributed by atoms with Gasteiger partial charge < -0.3 is 19.7 Å². The van der Waals surface area contributed by atoms with Crippen LogP contribution in [0, 0.1) is 5.82 Å². The van der Waals surface area contributed by atoms with E-state index in [4.69, 9.17) is 9.47 Å². The second-order valence-corrected chi connectivity index (χ2v) is 7.74. The molecule has 1 saturated heterocycles. The Labute approximate surface area is 193 Å². The highest BCUT2D eigenvalue weighted by Gasteiger charge is 2.20. The summed E-state index contributed by atoms with van der Waals surface area (Å²) < 4.78 is 26.2. The first kappa shape index (κ1) is 23.0. The predicted molar refractivity (Wildman–Crippen MR) is 122 cm³/mol. The van der Waals surface area contributed by atoms with Crippen molar-refractivity contribution in [2.75, 3.05) is 32.1 Å². The molecule has 1 amide bonds. The predicted octanol–water partition coefficient (Wildman–Crippen LogP) is 4.71. The highest BCUT2D eigenvalue weighted by molar-refractivity contribution is 9.10. The molecule has 7 nitrogen and oxygen atoms in total. The van der Waals surface area contributed by atoms with Crippen LogP contribution in [-0.4, -0.2) is 47.6 Å². The van der Waals surface area contributed by atoms with Crippen LogP contribution < -0.4 is 14.8 Å². The Balaban J connectivity index is 0.00000272. The Bertz CT molecular complexity index is 1100. The number of carbonyl (C=O) groups is 1. The van der Waals surface area contributed by atoms with Crippen LogP contribution in [0.2, 0.25) is 0 Å². The summed E-state index contributed by atoms with van der Waals surface area (Å²) in [5.41, 5.74) is 0.922. The molecule has 0 saturated carbocycles. The van der Waals surface area contributed by atoms with E-state index in [0.29, 0.717) is 58.0 Å². The van der Waals surface area contributed by atoms with E-state index >= 15 is 0 Å². The second-order valence-electron chi connectivity index (χ2n) is 6.82. The molecule has 1 N–H and O–H groups in total. The number of hydrogen-bond donors (Lipinski definition) is 1. The Kier molecular flexibility index (Phi) is 7.50. The van der Waals surface area contributed by atoms with Crippen molar-refractivity contribution in [1.29, 1.82) is 0 Å². The first-order valence-electron chi connectivity index (χ1n) is 9.50. The first-order chi connectivity index (χ1) is 14.5. The van der Waals surface area contributed by atoms with Gasteiger partial charge in [-0.15, -0.1) is 12.4 Å². The summed E-state index contributed by atoms with van der Waals surface area (Å²) in [4.78, 5) is 22.1. The van der Waals surface area contributed by atoms with Crippen molar-refractivity contribution >= 4 is 56.7 Å². The zero-order valence-corrected chi connectivity index (χ0v) is 19.1. The van der Waals surface area contributed by atoms with Gasteiger partial charge in [0.15, 0.2) is 11.5 Å². The molecule has 31 heavy (non-hydrogen) atoms. The molecule has 3 aromatic rings. The number of halogens is 3. The number of methoxy groups -OCH3 is 1. The number of nitrogens with zero attached hydrogens (tertiary/aromatic N) is 3. The third-order valence-electron chi connectivity index (χ3n) is 4.90. The topological polar surface area (TPSA) is 76.6 Å². The van der Waals surface area contributed by atoms with Gasteiger partial charge in [0.25, 0.3) is 0 Å². The van der Waals surface area contributed by atoms with Crippen molar-refractivity contribution < 1.29 is 18.7 Å². The van der Waals surface area contributed by atoms with Crippen LogP contribution in [0.25, 0.3) is 10.9 Å². The van der Waals surface area contributed by atoms with Crippen molar-refractivity contribution in [3.8, 4) is 11.5 Å². The smallest absolute Gasteiger partial charge is 0.222 e. The highest BCUT2D eigenvalue weighted by atomic mass is 79.9. The number of ether oxygens (including phenoxy) is 2. The van der Waals surface area contributed by atoms with Gasteiger partial charge in [-0.2, -0.15) is 0 Å². The highest BCUT2D eigenvalue weighted by Crippen LogP contribution is 2.35. The molecule has 1 aliphatic rings. The lowest BCUT2D eigenvalue weighted by Gasteiger charge is -2.17. The Morgan fingerprint density at radius 2 is 2.06 bits per heavy atom. The summed E-state index contributed by atoms with van der Waals surface area (Å²) in [5, 5.41) is 3.68. The summed E-state index contributed by atoms with van der Waals surface area (Å²) in [7, 11) is 1.54. The molecule has 0 atom stereocenters. The van der Waals surface area contributed by atoms with Crippen molar-refractivity contribution in [3.05, 3.63) is 46.9 Å². The van der Waals surface area contributed by atoms with Crippen LogP contribution in [0.3, 0.4) is 0 Å². The van der Waals surface area contributed by atoms with Crippen molar-refractivity contribution in [1.82, 2.24) is 14.9 Å². The molecule has 10 heteroatoms. The molecule has 4 rings (SSSR count). The van der Waals surface area contributed by atoms with Gasteiger partial charge in [0.1, 0.15) is 24.6 Å². The van der Waals surface area contributed by atoms with E-state index in [1.807, 2.05) is 0 Å². The van der Waals surface area contributed by atoms with Crippen LogP contribution in [-0.2, 0) is 4.79 Å². The number of nitrogens with one attached hydrogen (secondary N) is 1. The SMILES string of the molecule is COc1cc2c(Nc3ccc(Br)cc3F)ncnc2cc1OCCN1CCCC1=O.Cl. The summed E-state index contributed by atoms with van der Waals surface area (Å²) in [6.07, 6.45) is 2.90. The van der Waals surface area contributed by atoms with Crippen LogP contribution in [0.1, 0.15) is 12.8 Å². The Morgan fingerprint density at radius 3 is 2.77 bits per heavy atom. The lowest BCUT2D eigenvalue weighted by Crippen LogP contribution is -2.29. The molecule has 1 fully saturated rings. The lowest BCUT2D eigenvalue weighted by atomic mass is 10.2. The van der Waals surface area contributed by atoms with E-state index in [1.165, 1.54) is 12.4 Å². The second kappa shape index (κ2) is 10.1. The van der Waals surface area contributed by atoms with Crippen molar-refractivity contribution in [3.63, 3.8) is 0 Å². The quantitative estimate of drug-likeness (QED) is 0.495. The van der Waals surface area contributed by atoms with Crippen molar-refractivity contribution in [2.45, 2.75) is 12.8 Å². The molecule has 0 radical (unpaired) electrons. The van der Waals surface area contributed by atoms with Gasteiger partial charge in [-0.3, -0.25) is 4.79 Å². The van der Waals surface area contributed by atoms with E-state index in [0.717, 1.165) is 13.0 Å². The fraction of sp³-hybridized carbons (Fsp3) is 0.286. The number of amides is 1. The fourth-order valence-corrected chi connectivity index (χ4v) is 3.69. The number of hydrogen-bond acceptors (Lipinski definition) is 6. The molecule has 1 aliphatic heterocycles. The van der Waals surface area contributed by atoms with Gasteiger partial charge in [-0.25, -0.2) is 14.4 Å². The number of likely N-dealkylation sites (tertiary alicyclic amines) is 1. The number of aromatic nitrogens is 2. The minimum Gasteiger partial charge on any atom is -0.493 e. The molecule has 2 aromatic carbocycles. The maximum Gasteiger partial charge on any atom is 0.222 e. The fourth-order valence-electron chi connectivity index (χ4n) is 3.36. The van der Waals surface area contributed by atoms with Crippen LogP contribution >= 0.6 is 28.3 Å². The van der Waals surface area contributed by atoms with E-state index in [-0.39, 0.29) is 18.3 Å². The van der Waals surface area contributed by atoms with Crippen molar-refractivity contribution in [2.24, 2.45) is 0 Å².